The maximum atomic E-state index is 12.8. The van der Waals surface area contributed by atoms with E-state index in [0.717, 1.165) is 41.9 Å². The van der Waals surface area contributed by atoms with Crippen molar-refractivity contribution in [3.8, 4) is 0 Å². The molecule has 1 aliphatic rings. The number of carbonyl (C=O) groups excluding carboxylic acids is 2. The van der Waals surface area contributed by atoms with E-state index < -0.39 is 0 Å². The first-order valence-corrected chi connectivity index (χ1v) is 9.92. The van der Waals surface area contributed by atoms with Crippen LogP contribution in [-0.2, 0) is 9.59 Å². The lowest BCUT2D eigenvalue weighted by atomic mass is 9.95. The molecule has 3 rings (SSSR count). The summed E-state index contributed by atoms with van der Waals surface area (Å²) in [5.41, 5.74) is 3.80. The zero-order chi connectivity index (χ0) is 20.1. The number of nitrogens with zero attached hydrogens (tertiary/aromatic N) is 1. The summed E-state index contributed by atoms with van der Waals surface area (Å²) in [7, 11) is 0. The van der Waals surface area contributed by atoms with Crippen LogP contribution in [0.25, 0.3) is 0 Å². The number of aryl methyl sites for hydroxylation is 2. The normalized spacial score (nSPS) is 18.3. The Balaban J connectivity index is 1.61. The number of hydrogen-bond acceptors (Lipinski definition) is 3. The van der Waals surface area contributed by atoms with Gasteiger partial charge in [0.2, 0.25) is 11.8 Å². The molecule has 0 aromatic heterocycles. The number of amides is 2. The lowest BCUT2D eigenvalue weighted by molar-refractivity contribution is -0.125. The third kappa shape index (κ3) is 4.78. The first-order valence-electron chi connectivity index (χ1n) is 9.92. The minimum atomic E-state index is -0.286. The molecule has 148 valence electrons. The molecule has 2 N–H and O–H groups in total. The highest BCUT2D eigenvalue weighted by Gasteiger charge is 2.31. The highest BCUT2D eigenvalue weighted by Crippen LogP contribution is 2.23. The molecule has 0 saturated carbocycles. The van der Waals surface area contributed by atoms with Gasteiger partial charge in [-0.1, -0.05) is 36.4 Å². The third-order valence-electron chi connectivity index (χ3n) is 5.52. The SMILES string of the molecule is Cc1cccc(C)c1NC(=O)[C@@H](C)N1CCC[C@@H](C(=O)Nc2ccccc2)C1. The van der Waals surface area contributed by atoms with Crippen LogP contribution in [0.1, 0.15) is 30.9 Å². The fraction of sp³-hybridized carbons (Fsp3) is 0.391. The molecule has 1 fully saturated rings. The van der Waals surface area contributed by atoms with E-state index in [-0.39, 0.29) is 23.8 Å². The van der Waals surface area contributed by atoms with Gasteiger partial charge in [-0.15, -0.1) is 0 Å². The second kappa shape index (κ2) is 9.02. The zero-order valence-corrected chi connectivity index (χ0v) is 16.9. The summed E-state index contributed by atoms with van der Waals surface area (Å²) < 4.78 is 0. The Morgan fingerprint density at radius 1 is 1.00 bits per heavy atom. The molecule has 2 aromatic carbocycles. The van der Waals surface area contributed by atoms with Crippen molar-refractivity contribution in [2.75, 3.05) is 23.7 Å². The molecule has 28 heavy (non-hydrogen) atoms. The summed E-state index contributed by atoms with van der Waals surface area (Å²) in [5.74, 6) is -0.107. The Hall–Kier alpha value is -2.66. The maximum absolute atomic E-state index is 12.8. The molecule has 0 unspecified atom stereocenters. The molecular weight excluding hydrogens is 350 g/mol. The topological polar surface area (TPSA) is 61.4 Å². The lowest BCUT2D eigenvalue weighted by Crippen LogP contribution is -2.49. The average molecular weight is 380 g/mol. The van der Waals surface area contributed by atoms with Crippen LogP contribution in [0.15, 0.2) is 48.5 Å². The predicted octanol–water partition coefficient (Wildman–Crippen LogP) is 3.98. The molecule has 2 atom stereocenters. The van der Waals surface area contributed by atoms with Gasteiger partial charge in [-0.3, -0.25) is 14.5 Å². The molecule has 0 radical (unpaired) electrons. The van der Waals surface area contributed by atoms with Gasteiger partial charge in [0.05, 0.1) is 12.0 Å². The summed E-state index contributed by atoms with van der Waals surface area (Å²) in [6.45, 7) is 7.34. The monoisotopic (exact) mass is 379 g/mol. The first kappa shape index (κ1) is 20.1. The molecule has 5 heteroatoms. The van der Waals surface area contributed by atoms with Crippen LogP contribution in [0.2, 0.25) is 0 Å². The predicted molar refractivity (Wildman–Crippen MR) is 113 cm³/mol. The number of rotatable bonds is 5. The summed E-state index contributed by atoms with van der Waals surface area (Å²) in [5, 5.41) is 6.07. The molecule has 2 aromatic rings. The molecular formula is C23H29N3O2. The van der Waals surface area contributed by atoms with E-state index in [4.69, 9.17) is 0 Å². The van der Waals surface area contributed by atoms with Gasteiger partial charge in [-0.25, -0.2) is 0 Å². The number of benzene rings is 2. The van der Waals surface area contributed by atoms with Gasteiger partial charge in [-0.2, -0.15) is 0 Å². The molecule has 1 aliphatic heterocycles. The Bertz CT molecular complexity index is 815. The maximum Gasteiger partial charge on any atom is 0.241 e. The summed E-state index contributed by atoms with van der Waals surface area (Å²) >= 11 is 0. The van der Waals surface area contributed by atoms with Gasteiger partial charge in [0.15, 0.2) is 0 Å². The van der Waals surface area contributed by atoms with Crippen LogP contribution in [0.3, 0.4) is 0 Å². The Kier molecular flexibility index (Phi) is 6.47. The van der Waals surface area contributed by atoms with Crippen molar-refractivity contribution in [2.24, 2.45) is 5.92 Å². The van der Waals surface area contributed by atoms with Crippen LogP contribution in [0, 0.1) is 19.8 Å². The highest BCUT2D eigenvalue weighted by atomic mass is 16.2. The molecule has 0 spiro atoms. The standard InChI is InChI=1S/C23H29N3O2/c1-16-9-7-10-17(2)21(16)25-22(27)18(3)26-14-8-11-19(15-26)23(28)24-20-12-5-4-6-13-20/h4-7,9-10,12-13,18-19H,8,11,14-15H2,1-3H3,(H,24,28)(H,25,27)/t18-,19-/m1/s1. The van der Waals surface area contributed by atoms with Gasteiger partial charge in [0.25, 0.3) is 0 Å². The minimum Gasteiger partial charge on any atom is -0.326 e. The van der Waals surface area contributed by atoms with E-state index >= 15 is 0 Å². The highest BCUT2D eigenvalue weighted by molar-refractivity contribution is 5.96. The fourth-order valence-corrected chi connectivity index (χ4v) is 3.74. The average Bonchev–Trinajstić information content (AvgIpc) is 2.71. The molecule has 1 heterocycles. The van der Waals surface area contributed by atoms with Crippen molar-refractivity contribution in [3.63, 3.8) is 0 Å². The molecule has 5 nitrogen and oxygen atoms in total. The van der Waals surface area contributed by atoms with Crippen molar-refractivity contribution in [3.05, 3.63) is 59.7 Å². The Morgan fingerprint density at radius 2 is 1.68 bits per heavy atom. The minimum absolute atomic E-state index is 0.0262. The fourth-order valence-electron chi connectivity index (χ4n) is 3.74. The van der Waals surface area contributed by atoms with Crippen molar-refractivity contribution < 1.29 is 9.59 Å². The number of likely N-dealkylation sites (tertiary alicyclic amines) is 1. The number of anilines is 2. The summed E-state index contributed by atoms with van der Waals surface area (Å²) in [6, 6.07) is 15.2. The van der Waals surface area contributed by atoms with Crippen LogP contribution >= 0.6 is 0 Å². The van der Waals surface area contributed by atoms with Crippen LogP contribution in [-0.4, -0.2) is 35.8 Å². The first-order chi connectivity index (χ1) is 13.5. The molecule has 2 amide bonds. The smallest absolute Gasteiger partial charge is 0.241 e. The molecule has 0 bridgehead atoms. The Morgan fingerprint density at radius 3 is 2.36 bits per heavy atom. The number of piperidine rings is 1. The second-order valence-corrected chi connectivity index (χ2v) is 7.62. The van der Waals surface area contributed by atoms with E-state index in [9.17, 15) is 9.59 Å². The van der Waals surface area contributed by atoms with E-state index in [1.54, 1.807) is 0 Å². The van der Waals surface area contributed by atoms with Crippen LogP contribution in [0.5, 0.6) is 0 Å². The number of nitrogens with one attached hydrogen (secondary N) is 2. The van der Waals surface area contributed by atoms with Gasteiger partial charge in [0.1, 0.15) is 0 Å². The second-order valence-electron chi connectivity index (χ2n) is 7.62. The van der Waals surface area contributed by atoms with Crippen molar-refractivity contribution in [1.29, 1.82) is 0 Å². The van der Waals surface area contributed by atoms with Gasteiger partial charge < -0.3 is 10.6 Å². The molecule has 0 aliphatic carbocycles. The van der Waals surface area contributed by atoms with E-state index in [2.05, 4.69) is 15.5 Å². The van der Waals surface area contributed by atoms with Crippen molar-refractivity contribution >= 4 is 23.2 Å². The Labute approximate surface area is 167 Å². The van der Waals surface area contributed by atoms with Gasteiger partial charge in [0, 0.05) is 17.9 Å². The van der Waals surface area contributed by atoms with E-state index in [1.807, 2.05) is 69.3 Å². The van der Waals surface area contributed by atoms with E-state index in [1.165, 1.54) is 0 Å². The van der Waals surface area contributed by atoms with Gasteiger partial charge in [-0.05, 0) is 63.4 Å². The third-order valence-corrected chi connectivity index (χ3v) is 5.52. The van der Waals surface area contributed by atoms with Crippen molar-refractivity contribution in [1.82, 2.24) is 4.90 Å². The van der Waals surface area contributed by atoms with Gasteiger partial charge >= 0.3 is 0 Å². The van der Waals surface area contributed by atoms with Crippen LogP contribution < -0.4 is 10.6 Å². The van der Waals surface area contributed by atoms with Crippen LogP contribution in [0.4, 0.5) is 11.4 Å². The summed E-state index contributed by atoms with van der Waals surface area (Å²) in [4.78, 5) is 27.6. The summed E-state index contributed by atoms with van der Waals surface area (Å²) in [6.07, 6.45) is 1.76. The largest absolute Gasteiger partial charge is 0.326 e. The lowest BCUT2D eigenvalue weighted by Gasteiger charge is -2.35. The number of para-hydroxylation sites is 2. The van der Waals surface area contributed by atoms with E-state index in [0.29, 0.717) is 6.54 Å². The van der Waals surface area contributed by atoms with Crippen molar-refractivity contribution in [2.45, 2.75) is 39.7 Å². The quantitative estimate of drug-likeness (QED) is 0.826. The number of hydrogen-bond donors (Lipinski definition) is 2. The zero-order valence-electron chi connectivity index (χ0n) is 16.9. The molecule has 1 saturated heterocycles. The number of carbonyl (C=O) groups is 2.